The van der Waals surface area contributed by atoms with E-state index in [-0.39, 0.29) is 54.1 Å². The number of piperazine rings is 2. The largest absolute Gasteiger partial charge is 0.338 e. The van der Waals surface area contributed by atoms with Gasteiger partial charge in [0.1, 0.15) is 5.69 Å². The summed E-state index contributed by atoms with van der Waals surface area (Å²) in [5.74, 6) is -2.31. The van der Waals surface area contributed by atoms with Crippen molar-refractivity contribution >= 4 is 17.5 Å². The van der Waals surface area contributed by atoms with Crippen molar-refractivity contribution in [2.75, 3.05) is 55.6 Å². The van der Waals surface area contributed by atoms with Crippen molar-refractivity contribution in [2.45, 2.75) is 89.9 Å². The van der Waals surface area contributed by atoms with E-state index < -0.39 is 5.92 Å². The zero-order chi connectivity index (χ0) is 30.2. The quantitative estimate of drug-likeness (QED) is 0.504. The molecule has 1 amide bonds. The van der Waals surface area contributed by atoms with Crippen LogP contribution in [0.4, 0.5) is 20.4 Å². The number of nitrogens with zero attached hydrogens (tertiary/aromatic N) is 7. The predicted octanol–water partition coefficient (Wildman–Crippen LogP) is 3.65. The molecule has 4 atom stereocenters. The number of carbonyl (C=O) groups is 1. The Morgan fingerprint density at radius 1 is 1.10 bits per heavy atom. The Hall–Kier alpha value is -2.76. The van der Waals surface area contributed by atoms with E-state index >= 15 is 0 Å². The fourth-order valence-corrected chi connectivity index (χ4v) is 6.86. The van der Waals surface area contributed by atoms with E-state index in [9.17, 15) is 13.6 Å². The van der Waals surface area contributed by atoms with Gasteiger partial charge < -0.3 is 15.1 Å². The molecule has 0 aliphatic carbocycles. The maximum atomic E-state index is 14.8. The fourth-order valence-electron chi connectivity index (χ4n) is 6.86. The third-order valence-corrected chi connectivity index (χ3v) is 9.12. The molecular formula is C31H46F2N8O. The summed E-state index contributed by atoms with van der Waals surface area (Å²) in [7, 11) is 0. The molecule has 3 aliphatic heterocycles. The number of hydrogen-bond donors (Lipinski definition) is 1. The highest BCUT2D eigenvalue weighted by Crippen LogP contribution is 2.43. The van der Waals surface area contributed by atoms with Crippen LogP contribution in [-0.4, -0.2) is 101 Å². The third kappa shape index (κ3) is 6.28. The standard InChI is InChI=1S/C31H46F2N8O/c1-7-9-31(32,33)27-12-26-25(14-37-27)30(5,6)20-41(26)28(42)19-38-15-21(2)36-13-24(38)18-40-22(3)16-39(17-23(40)4)29-34-10-8-11-35-29/h8,10-12,14,21-24,36H,7,9,13,15-20H2,1-6H3/t21-,22-,23-,24-/m1/s1. The van der Waals surface area contributed by atoms with E-state index in [1.54, 1.807) is 30.4 Å². The van der Waals surface area contributed by atoms with Crippen molar-refractivity contribution in [3.63, 3.8) is 0 Å². The summed E-state index contributed by atoms with van der Waals surface area (Å²) >= 11 is 0. The number of carbonyl (C=O) groups excluding carboxylic acids is 1. The molecular weight excluding hydrogens is 538 g/mol. The van der Waals surface area contributed by atoms with Gasteiger partial charge in [-0.2, -0.15) is 8.78 Å². The number of halogens is 2. The minimum atomic E-state index is -3.02. The molecule has 0 saturated carbocycles. The Kier molecular flexibility index (Phi) is 8.83. The van der Waals surface area contributed by atoms with Gasteiger partial charge in [0.15, 0.2) is 0 Å². The lowest BCUT2D eigenvalue weighted by Crippen LogP contribution is -2.65. The normalized spacial score (nSPS) is 26.9. The van der Waals surface area contributed by atoms with Crippen LogP contribution in [0.3, 0.4) is 0 Å². The maximum Gasteiger partial charge on any atom is 0.289 e. The summed E-state index contributed by atoms with van der Waals surface area (Å²) in [6, 6.07) is 4.26. The molecule has 0 aromatic carbocycles. The second kappa shape index (κ2) is 12.1. The van der Waals surface area contributed by atoms with Gasteiger partial charge in [-0.3, -0.25) is 19.6 Å². The van der Waals surface area contributed by atoms with Crippen molar-refractivity contribution in [3.8, 4) is 0 Å². The van der Waals surface area contributed by atoms with Gasteiger partial charge in [-0.1, -0.05) is 27.2 Å². The first kappa shape index (κ1) is 30.7. The lowest BCUT2D eigenvalue weighted by molar-refractivity contribution is -0.121. The average molecular weight is 585 g/mol. The first-order valence-corrected chi connectivity index (χ1v) is 15.3. The first-order chi connectivity index (χ1) is 19.9. The summed E-state index contributed by atoms with van der Waals surface area (Å²) in [6.45, 7) is 17.2. The second-order valence-corrected chi connectivity index (χ2v) is 13.1. The molecule has 5 heterocycles. The number of rotatable bonds is 8. The smallest absolute Gasteiger partial charge is 0.289 e. The Bertz CT molecular complexity index is 1230. The summed E-state index contributed by atoms with van der Waals surface area (Å²) in [5, 5.41) is 3.61. The van der Waals surface area contributed by atoms with Gasteiger partial charge in [0.2, 0.25) is 11.9 Å². The molecule has 0 bridgehead atoms. The van der Waals surface area contributed by atoms with Crippen molar-refractivity contribution in [3.05, 3.63) is 42.0 Å². The molecule has 0 unspecified atom stereocenters. The molecule has 0 spiro atoms. The average Bonchev–Trinajstić information content (AvgIpc) is 3.22. The number of anilines is 2. The molecule has 11 heteroatoms. The Labute approximate surface area is 248 Å². The van der Waals surface area contributed by atoms with Crippen LogP contribution in [0.25, 0.3) is 0 Å². The molecule has 2 fully saturated rings. The molecule has 3 aliphatic rings. The molecule has 2 saturated heterocycles. The molecule has 2 aromatic rings. The van der Waals surface area contributed by atoms with E-state index in [1.807, 2.05) is 19.9 Å². The zero-order valence-corrected chi connectivity index (χ0v) is 25.9. The SMILES string of the molecule is CCCC(F)(F)c1cc2c(cn1)C(C)(C)CN2C(=O)CN1C[C@@H](C)NC[C@@H]1CN1[C@H](C)CN(c2ncccn2)C[C@H]1C. The topological polar surface area (TPSA) is 80.7 Å². The summed E-state index contributed by atoms with van der Waals surface area (Å²) in [5.41, 5.74) is 0.807. The van der Waals surface area contributed by atoms with E-state index in [0.29, 0.717) is 18.7 Å². The minimum absolute atomic E-state index is 0.0518. The molecule has 230 valence electrons. The van der Waals surface area contributed by atoms with Crippen molar-refractivity contribution in [1.29, 1.82) is 0 Å². The molecule has 1 N–H and O–H groups in total. The number of nitrogens with one attached hydrogen (secondary N) is 1. The third-order valence-electron chi connectivity index (χ3n) is 9.12. The molecule has 2 aromatic heterocycles. The monoisotopic (exact) mass is 584 g/mol. The molecule has 9 nitrogen and oxygen atoms in total. The Morgan fingerprint density at radius 3 is 2.45 bits per heavy atom. The summed E-state index contributed by atoms with van der Waals surface area (Å²) < 4.78 is 29.6. The first-order valence-electron chi connectivity index (χ1n) is 15.3. The molecule has 42 heavy (non-hydrogen) atoms. The molecule has 0 radical (unpaired) electrons. The number of fused-ring (bicyclic) bond motifs is 1. The Balaban J connectivity index is 1.31. The number of aromatic nitrogens is 3. The van der Waals surface area contributed by atoms with Gasteiger partial charge in [-0.15, -0.1) is 0 Å². The zero-order valence-electron chi connectivity index (χ0n) is 25.9. The van der Waals surface area contributed by atoms with E-state index in [0.717, 1.165) is 44.2 Å². The van der Waals surface area contributed by atoms with E-state index in [1.165, 1.54) is 6.07 Å². The summed E-state index contributed by atoms with van der Waals surface area (Å²) in [6.07, 6.45) is 5.21. The predicted molar refractivity (Wildman–Crippen MR) is 161 cm³/mol. The highest BCUT2D eigenvalue weighted by Gasteiger charge is 2.42. The van der Waals surface area contributed by atoms with E-state index in [2.05, 4.69) is 55.7 Å². The van der Waals surface area contributed by atoms with Crippen LogP contribution < -0.4 is 15.1 Å². The number of hydrogen-bond acceptors (Lipinski definition) is 8. The van der Waals surface area contributed by atoms with Crippen LogP contribution in [0.15, 0.2) is 30.7 Å². The van der Waals surface area contributed by atoms with Crippen molar-refractivity contribution < 1.29 is 13.6 Å². The van der Waals surface area contributed by atoms with Crippen LogP contribution in [0.5, 0.6) is 0 Å². The fraction of sp³-hybridized carbons (Fsp3) is 0.677. The van der Waals surface area contributed by atoms with Gasteiger partial charge in [0.05, 0.1) is 12.2 Å². The highest BCUT2D eigenvalue weighted by molar-refractivity contribution is 5.97. The van der Waals surface area contributed by atoms with Gasteiger partial charge in [0.25, 0.3) is 5.92 Å². The Morgan fingerprint density at radius 2 is 1.79 bits per heavy atom. The van der Waals surface area contributed by atoms with Crippen LogP contribution in [0, 0.1) is 0 Å². The lowest BCUT2D eigenvalue weighted by Gasteiger charge is -2.48. The van der Waals surface area contributed by atoms with Gasteiger partial charge in [0, 0.05) is 99.4 Å². The van der Waals surface area contributed by atoms with Crippen LogP contribution in [-0.2, 0) is 16.1 Å². The van der Waals surface area contributed by atoms with Crippen LogP contribution in [0.1, 0.15) is 65.6 Å². The number of alkyl halides is 2. The van der Waals surface area contributed by atoms with E-state index in [4.69, 9.17) is 0 Å². The second-order valence-electron chi connectivity index (χ2n) is 13.1. The summed E-state index contributed by atoms with van der Waals surface area (Å²) in [4.78, 5) is 35.8. The number of amides is 1. The highest BCUT2D eigenvalue weighted by atomic mass is 19.3. The van der Waals surface area contributed by atoms with Crippen LogP contribution in [0.2, 0.25) is 0 Å². The van der Waals surface area contributed by atoms with Crippen LogP contribution >= 0.6 is 0 Å². The van der Waals surface area contributed by atoms with Crippen molar-refractivity contribution in [1.82, 2.24) is 30.1 Å². The number of pyridine rings is 1. The maximum absolute atomic E-state index is 14.8. The molecule has 5 rings (SSSR count). The van der Waals surface area contributed by atoms with Gasteiger partial charge in [-0.05, 0) is 32.9 Å². The van der Waals surface area contributed by atoms with Crippen molar-refractivity contribution in [2.24, 2.45) is 0 Å². The van der Waals surface area contributed by atoms with Gasteiger partial charge >= 0.3 is 0 Å². The van der Waals surface area contributed by atoms with Gasteiger partial charge in [-0.25, -0.2) is 9.97 Å². The lowest BCUT2D eigenvalue weighted by atomic mass is 9.88. The minimum Gasteiger partial charge on any atom is -0.338 e.